The molecular weight excluding hydrogens is 313 g/mol. The molecule has 1 unspecified atom stereocenters. The van der Waals surface area contributed by atoms with Crippen molar-refractivity contribution in [2.24, 2.45) is 0 Å². The summed E-state index contributed by atoms with van der Waals surface area (Å²) in [6.07, 6.45) is 0.927. The number of carbonyl (C=O) groups is 1. The number of hydrogen-bond acceptors (Lipinski definition) is 4. The third-order valence-corrected chi connectivity index (χ3v) is 4.18. The van der Waals surface area contributed by atoms with Gasteiger partial charge in [0.15, 0.2) is 0 Å². The summed E-state index contributed by atoms with van der Waals surface area (Å²) in [5.41, 5.74) is 0.683. The number of rotatable bonds is 4. The van der Waals surface area contributed by atoms with Crippen molar-refractivity contribution in [3.8, 4) is 0 Å². The molecule has 1 aliphatic heterocycles. The van der Waals surface area contributed by atoms with E-state index in [9.17, 15) is 9.90 Å². The Morgan fingerprint density at radius 1 is 1.43 bits per heavy atom. The monoisotopic (exact) mass is 331 g/mol. The third kappa shape index (κ3) is 4.85. The number of hydrogen-bond donors (Lipinski definition) is 1. The Morgan fingerprint density at radius 3 is 2.67 bits per heavy atom. The van der Waals surface area contributed by atoms with Gasteiger partial charge < -0.3 is 14.7 Å². The van der Waals surface area contributed by atoms with E-state index < -0.39 is 6.10 Å². The van der Waals surface area contributed by atoms with Crippen LogP contribution in [0, 0.1) is 0 Å². The number of nitrogens with zero attached hydrogens (tertiary/aromatic N) is 1. The fourth-order valence-electron chi connectivity index (χ4n) is 2.56. The quantitative estimate of drug-likeness (QED) is 0.861. The molecule has 1 aliphatic rings. The highest BCUT2D eigenvalue weighted by molar-refractivity contribution is 6.35. The minimum absolute atomic E-state index is 0.00462. The molecule has 0 aromatic heterocycles. The molecule has 0 spiro atoms. The molecule has 1 N–H and O–H groups in total. The van der Waals surface area contributed by atoms with Crippen molar-refractivity contribution in [2.45, 2.75) is 32.0 Å². The first-order chi connectivity index (χ1) is 9.95. The number of β-amino-alcohol motifs (C(OH)–C–C–N with tert-alkyl or cyclic N) is 1. The number of aliphatic hydroxyl groups excluding tert-OH is 1. The lowest BCUT2D eigenvalue weighted by molar-refractivity contribution is -0.148. The third-order valence-electron chi connectivity index (χ3n) is 3.62. The lowest BCUT2D eigenvalue weighted by atomic mass is 10.0. The fraction of sp³-hybridized carbons (Fsp3) is 0.533. The van der Waals surface area contributed by atoms with Crippen LogP contribution in [0.25, 0.3) is 0 Å². The Balaban J connectivity index is 1.86. The van der Waals surface area contributed by atoms with Crippen molar-refractivity contribution in [3.05, 3.63) is 33.8 Å². The van der Waals surface area contributed by atoms with E-state index in [0.29, 0.717) is 22.2 Å². The average Bonchev–Trinajstić information content (AvgIpc) is 2.40. The Morgan fingerprint density at radius 2 is 2.10 bits per heavy atom. The van der Waals surface area contributed by atoms with Crippen molar-refractivity contribution in [1.29, 1.82) is 0 Å². The van der Waals surface area contributed by atoms with E-state index in [0.717, 1.165) is 25.9 Å². The van der Waals surface area contributed by atoms with Crippen LogP contribution in [0.5, 0.6) is 0 Å². The molecule has 6 heteroatoms. The Kier molecular flexibility index (Phi) is 5.88. The molecule has 0 amide bonds. The van der Waals surface area contributed by atoms with Gasteiger partial charge in [-0.25, -0.2) is 0 Å². The molecular formula is C15H19Cl2NO3. The number of carbonyl (C=O) groups excluding carboxylic acids is 1. The molecule has 4 nitrogen and oxygen atoms in total. The average molecular weight is 332 g/mol. The van der Waals surface area contributed by atoms with Gasteiger partial charge in [0.05, 0.1) is 6.10 Å². The molecule has 21 heavy (non-hydrogen) atoms. The van der Waals surface area contributed by atoms with Crippen molar-refractivity contribution >= 4 is 29.2 Å². The number of likely N-dealkylation sites (tertiary alicyclic amines) is 1. The van der Waals surface area contributed by atoms with Gasteiger partial charge in [-0.05, 0) is 25.0 Å². The number of ether oxygens (including phenoxy) is 1. The maximum Gasteiger partial charge on any atom is 0.302 e. The molecule has 1 aromatic carbocycles. The van der Waals surface area contributed by atoms with Crippen LogP contribution in [0.15, 0.2) is 18.2 Å². The Hall–Kier alpha value is -0.810. The van der Waals surface area contributed by atoms with Crippen molar-refractivity contribution in [2.75, 3.05) is 19.6 Å². The van der Waals surface area contributed by atoms with Crippen LogP contribution < -0.4 is 0 Å². The second-order valence-electron chi connectivity index (χ2n) is 5.29. The molecule has 1 saturated heterocycles. The molecule has 1 heterocycles. The topological polar surface area (TPSA) is 49.8 Å². The molecule has 1 atom stereocenters. The molecule has 116 valence electrons. The Bertz CT molecular complexity index is 502. The predicted octanol–water partition coefficient (Wildman–Crippen LogP) is 3.05. The first-order valence-corrected chi connectivity index (χ1v) is 7.74. The smallest absolute Gasteiger partial charge is 0.302 e. The standard InChI is InChI=1S/C15H19Cl2NO3/c1-10(19)21-12-4-6-18(7-5-12)9-15(20)13-3-2-11(16)8-14(13)17/h2-3,8,12,15,20H,4-7,9H2,1H3. The maximum atomic E-state index is 10.9. The number of esters is 1. The molecule has 1 fully saturated rings. The highest BCUT2D eigenvalue weighted by Gasteiger charge is 2.23. The summed E-state index contributed by atoms with van der Waals surface area (Å²) in [6, 6.07) is 5.11. The lowest BCUT2D eigenvalue weighted by Gasteiger charge is -2.32. The molecule has 0 radical (unpaired) electrons. The zero-order chi connectivity index (χ0) is 15.4. The van der Waals surface area contributed by atoms with Crippen LogP contribution in [0.1, 0.15) is 31.4 Å². The fourth-order valence-corrected chi connectivity index (χ4v) is 3.09. The second kappa shape index (κ2) is 7.45. The van der Waals surface area contributed by atoms with Crippen molar-refractivity contribution in [1.82, 2.24) is 4.90 Å². The number of piperidine rings is 1. The van der Waals surface area contributed by atoms with E-state index in [-0.39, 0.29) is 12.1 Å². The van der Waals surface area contributed by atoms with Gasteiger partial charge in [0, 0.05) is 42.2 Å². The maximum absolute atomic E-state index is 10.9. The molecule has 1 aromatic rings. The molecule has 0 saturated carbocycles. The van der Waals surface area contributed by atoms with E-state index in [1.807, 2.05) is 0 Å². The summed E-state index contributed by atoms with van der Waals surface area (Å²) in [4.78, 5) is 13.1. The van der Waals surface area contributed by atoms with Gasteiger partial charge >= 0.3 is 5.97 Å². The first-order valence-electron chi connectivity index (χ1n) is 6.98. The highest BCUT2D eigenvalue weighted by Crippen LogP contribution is 2.27. The van der Waals surface area contributed by atoms with Crippen molar-refractivity contribution in [3.63, 3.8) is 0 Å². The minimum atomic E-state index is -0.653. The molecule has 0 bridgehead atoms. The lowest BCUT2D eigenvalue weighted by Crippen LogP contribution is -2.39. The van der Waals surface area contributed by atoms with Crippen LogP contribution >= 0.6 is 23.2 Å². The zero-order valence-electron chi connectivity index (χ0n) is 11.9. The Labute approximate surface area is 134 Å². The summed E-state index contributed by atoms with van der Waals surface area (Å²) in [7, 11) is 0. The zero-order valence-corrected chi connectivity index (χ0v) is 13.4. The SMILES string of the molecule is CC(=O)OC1CCN(CC(O)c2ccc(Cl)cc2Cl)CC1. The van der Waals surface area contributed by atoms with Gasteiger partial charge in [0.1, 0.15) is 6.10 Å². The van der Waals surface area contributed by atoms with Gasteiger partial charge in [-0.2, -0.15) is 0 Å². The molecule has 0 aliphatic carbocycles. The van der Waals surface area contributed by atoms with Crippen molar-refractivity contribution < 1.29 is 14.6 Å². The van der Waals surface area contributed by atoms with Gasteiger partial charge in [-0.1, -0.05) is 29.3 Å². The van der Waals surface area contributed by atoms with E-state index in [2.05, 4.69) is 4.90 Å². The number of benzene rings is 1. The van der Waals surface area contributed by atoms with Gasteiger partial charge in [-0.15, -0.1) is 0 Å². The largest absolute Gasteiger partial charge is 0.462 e. The van der Waals surface area contributed by atoms with E-state index in [4.69, 9.17) is 27.9 Å². The first kappa shape index (κ1) is 16.6. The minimum Gasteiger partial charge on any atom is -0.462 e. The van der Waals surface area contributed by atoms with Gasteiger partial charge in [0.2, 0.25) is 0 Å². The molecule has 2 rings (SSSR count). The van der Waals surface area contributed by atoms with Crippen LogP contribution in [-0.4, -0.2) is 41.7 Å². The summed E-state index contributed by atoms with van der Waals surface area (Å²) in [5, 5.41) is 11.3. The normalized spacial score (nSPS) is 18.5. The van der Waals surface area contributed by atoms with Crippen LogP contribution in [0.2, 0.25) is 10.0 Å². The van der Waals surface area contributed by atoms with Crippen LogP contribution in [-0.2, 0) is 9.53 Å². The van der Waals surface area contributed by atoms with Gasteiger partial charge in [-0.3, -0.25) is 4.79 Å². The summed E-state index contributed by atoms with van der Waals surface area (Å²) in [6.45, 7) is 3.52. The highest BCUT2D eigenvalue weighted by atomic mass is 35.5. The van der Waals surface area contributed by atoms with E-state index in [1.54, 1.807) is 18.2 Å². The van der Waals surface area contributed by atoms with Gasteiger partial charge in [0.25, 0.3) is 0 Å². The van der Waals surface area contributed by atoms with Crippen LogP contribution in [0.4, 0.5) is 0 Å². The van der Waals surface area contributed by atoms with E-state index in [1.165, 1.54) is 6.92 Å². The number of halogens is 2. The summed E-state index contributed by atoms with van der Waals surface area (Å²) < 4.78 is 5.20. The summed E-state index contributed by atoms with van der Waals surface area (Å²) in [5.74, 6) is -0.235. The number of aliphatic hydroxyl groups is 1. The second-order valence-corrected chi connectivity index (χ2v) is 6.13. The van der Waals surface area contributed by atoms with E-state index >= 15 is 0 Å². The summed E-state index contributed by atoms with van der Waals surface area (Å²) >= 11 is 12.0. The predicted molar refractivity (Wildman–Crippen MR) is 82.6 cm³/mol. The van der Waals surface area contributed by atoms with Crippen LogP contribution in [0.3, 0.4) is 0 Å².